The Hall–Kier alpha value is -0.860. The number of likely N-dealkylation sites (N-methyl/N-ethyl adjacent to an activating group) is 1. The molecule has 2 nitrogen and oxygen atoms in total. The second-order valence-corrected chi connectivity index (χ2v) is 6.48. The summed E-state index contributed by atoms with van der Waals surface area (Å²) in [5.41, 5.74) is 8.82. The summed E-state index contributed by atoms with van der Waals surface area (Å²) in [6.07, 6.45) is 2.38. The number of hydrogen-bond donors (Lipinski definition) is 1. The van der Waals surface area contributed by atoms with Crippen LogP contribution in [-0.2, 0) is 6.54 Å². The topological polar surface area (TPSA) is 29.3 Å². The molecule has 1 unspecified atom stereocenters. The van der Waals surface area contributed by atoms with Gasteiger partial charge < -0.3 is 5.73 Å². The zero-order valence-corrected chi connectivity index (χ0v) is 13.2. The Balaban J connectivity index is 2.70. The molecule has 0 aromatic heterocycles. The Morgan fingerprint density at radius 3 is 2.53 bits per heavy atom. The quantitative estimate of drug-likeness (QED) is 0.814. The first-order valence-corrected chi connectivity index (χ1v) is 7.34. The van der Waals surface area contributed by atoms with Crippen molar-refractivity contribution in [1.82, 2.24) is 4.90 Å². The van der Waals surface area contributed by atoms with Crippen LogP contribution in [0.15, 0.2) is 24.3 Å². The first-order valence-electron chi connectivity index (χ1n) is 7.34. The predicted molar refractivity (Wildman–Crippen MR) is 84.2 cm³/mol. The smallest absolute Gasteiger partial charge is 0.0304 e. The first-order chi connectivity index (χ1) is 8.87. The van der Waals surface area contributed by atoms with Gasteiger partial charge in [0.25, 0.3) is 0 Å². The van der Waals surface area contributed by atoms with E-state index in [1.54, 1.807) is 0 Å². The molecule has 0 saturated carbocycles. The summed E-state index contributed by atoms with van der Waals surface area (Å²) in [7, 11) is 2.19. The third-order valence-corrected chi connectivity index (χ3v) is 4.12. The zero-order chi connectivity index (χ0) is 14.5. The maximum absolute atomic E-state index is 6.04. The van der Waals surface area contributed by atoms with Gasteiger partial charge in [-0.3, -0.25) is 4.90 Å². The number of nitrogens with two attached hydrogens (primary N) is 1. The van der Waals surface area contributed by atoms with Crippen LogP contribution in [0.4, 0.5) is 0 Å². The van der Waals surface area contributed by atoms with Crippen LogP contribution in [0, 0.1) is 12.8 Å². The molecule has 19 heavy (non-hydrogen) atoms. The lowest BCUT2D eigenvalue weighted by Gasteiger charge is -2.39. The highest BCUT2D eigenvalue weighted by molar-refractivity contribution is 5.22. The van der Waals surface area contributed by atoms with Crippen molar-refractivity contribution in [1.29, 1.82) is 0 Å². The van der Waals surface area contributed by atoms with Crippen LogP contribution in [0.3, 0.4) is 0 Å². The molecule has 2 heteroatoms. The van der Waals surface area contributed by atoms with Crippen molar-refractivity contribution >= 4 is 0 Å². The highest BCUT2D eigenvalue weighted by Crippen LogP contribution is 2.23. The molecule has 0 fully saturated rings. The van der Waals surface area contributed by atoms with E-state index in [-0.39, 0.29) is 5.54 Å². The van der Waals surface area contributed by atoms with Crippen molar-refractivity contribution in [3.8, 4) is 0 Å². The van der Waals surface area contributed by atoms with E-state index in [2.05, 4.69) is 63.9 Å². The number of benzene rings is 1. The molecule has 0 aliphatic heterocycles. The summed E-state index contributed by atoms with van der Waals surface area (Å²) in [6.45, 7) is 10.7. The van der Waals surface area contributed by atoms with Gasteiger partial charge in [0, 0.05) is 18.6 Å². The van der Waals surface area contributed by atoms with Crippen molar-refractivity contribution in [2.75, 3.05) is 13.6 Å². The Labute approximate surface area is 119 Å². The average molecular weight is 262 g/mol. The summed E-state index contributed by atoms with van der Waals surface area (Å²) in [5, 5.41) is 0. The van der Waals surface area contributed by atoms with E-state index in [0.29, 0.717) is 6.54 Å². The van der Waals surface area contributed by atoms with Gasteiger partial charge in [0.15, 0.2) is 0 Å². The van der Waals surface area contributed by atoms with Crippen molar-refractivity contribution in [2.45, 2.75) is 52.6 Å². The molecule has 0 radical (unpaired) electrons. The number of rotatable bonds is 7. The molecule has 1 rings (SSSR count). The third kappa shape index (κ3) is 4.96. The fourth-order valence-electron chi connectivity index (χ4n) is 2.32. The SMILES string of the molecule is Cc1cccc(CN(C)C(C)(CN)CCC(C)C)c1. The van der Waals surface area contributed by atoms with Crippen molar-refractivity contribution in [3.05, 3.63) is 35.4 Å². The van der Waals surface area contributed by atoms with Crippen molar-refractivity contribution in [2.24, 2.45) is 11.7 Å². The van der Waals surface area contributed by atoms with Crippen LogP contribution in [0.2, 0.25) is 0 Å². The summed E-state index contributed by atoms with van der Waals surface area (Å²) in [6, 6.07) is 8.73. The average Bonchev–Trinajstić information content (AvgIpc) is 2.35. The minimum Gasteiger partial charge on any atom is -0.329 e. The Morgan fingerprint density at radius 1 is 1.32 bits per heavy atom. The van der Waals surface area contributed by atoms with Crippen LogP contribution in [0.1, 0.15) is 44.7 Å². The molecule has 1 aromatic rings. The molecule has 2 N–H and O–H groups in total. The van der Waals surface area contributed by atoms with E-state index in [1.807, 2.05) is 0 Å². The van der Waals surface area contributed by atoms with Crippen molar-refractivity contribution in [3.63, 3.8) is 0 Å². The fourth-order valence-corrected chi connectivity index (χ4v) is 2.32. The van der Waals surface area contributed by atoms with E-state index >= 15 is 0 Å². The van der Waals surface area contributed by atoms with Crippen LogP contribution in [0.5, 0.6) is 0 Å². The van der Waals surface area contributed by atoms with E-state index < -0.39 is 0 Å². The monoisotopic (exact) mass is 262 g/mol. The van der Waals surface area contributed by atoms with Crippen LogP contribution < -0.4 is 5.73 Å². The molecule has 0 heterocycles. The molecule has 0 aliphatic rings. The second-order valence-electron chi connectivity index (χ2n) is 6.48. The van der Waals surface area contributed by atoms with Crippen LogP contribution in [-0.4, -0.2) is 24.0 Å². The standard InChI is InChI=1S/C17H30N2/c1-14(2)9-10-17(4,13-18)19(5)12-16-8-6-7-15(3)11-16/h6-8,11,14H,9-10,12-13,18H2,1-5H3. The largest absolute Gasteiger partial charge is 0.329 e. The van der Waals surface area contributed by atoms with Gasteiger partial charge in [-0.2, -0.15) is 0 Å². The zero-order valence-electron chi connectivity index (χ0n) is 13.2. The highest BCUT2D eigenvalue weighted by atomic mass is 15.2. The Bertz CT molecular complexity index is 387. The maximum Gasteiger partial charge on any atom is 0.0304 e. The molecule has 1 aromatic carbocycles. The molecular weight excluding hydrogens is 232 g/mol. The molecule has 108 valence electrons. The number of hydrogen-bond acceptors (Lipinski definition) is 2. The van der Waals surface area contributed by atoms with Gasteiger partial charge in [-0.15, -0.1) is 0 Å². The molecular formula is C17H30N2. The van der Waals surface area contributed by atoms with Crippen molar-refractivity contribution < 1.29 is 0 Å². The molecule has 0 aliphatic carbocycles. The van der Waals surface area contributed by atoms with E-state index in [1.165, 1.54) is 17.5 Å². The normalized spacial score (nSPS) is 14.9. The Morgan fingerprint density at radius 2 is 2.00 bits per heavy atom. The lowest BCUT2D eigenvalue weighted by molar-refractivity contribution is 0.119. The highest BCUT2D eigenvalue weighted by Gasteiger charge is 2.27. The van der Waals surface area contributed by atoms with Gasteiger partial charge in [0.05, 0.1) is 0 Å². The van der Waals surface area contributed by atoms with Gasteiger partial charge in [-0.1, -0.05) is 43.7 Å². The van der Waals surface area contributed by atoms with Gasteiger partial charge in [0.1, 0.15) is 0 Å². The fraction of sp³-hybridized carbons (Fsp3) is 0.647. The van der Waals surface area contributed by atoms with Gasteiger partial charge >= 0.3 is 0 Å². The minimum absolute atomic E-state index is 0.0913. The third-order valence-electron chi connectivity index (χ3n) is 4.12. The lowest BCUT2D eigenvalue weighted by Crippen LogP contribution is -2.49. The van der Waals surface area contributed by atoms with Crippen LogP contribution in [0.25, 0.3) is 0 Å². The molecule has 0 saturated heterocycles. The molecule has 1 atom stereocenters. The first kappa shape index (κ1) is 16.2. The van der Waals surface area contributed by atoms with E-state index in [0.717, 1.165) is 18.9 Å². The molecule has 0 spiro atoms. The van der Waals surface area contributed by atoms with Gasteiger partial charge in [-0.25, -0.2) is 0 Å². The summed E-state index contributed by atoms with van der Waals surface area (Å²) >= 11 is 0. The van der Waals surface area contributed by atoms with Crippen LogP contribution >= 0.6 is 0 Å². The summed E-state index contributed by atoms with van der Waals surface area (Å²) < 4.78 is 0. The minimum atomic E-state index is 0.0913. The number of aryl methyl sites for hydroxylation is 1. The summed E-state index contributed by atoms with van der Waals surface area (Å²) in [4.78, 5) is 2.41. The van der Waals surface area contributed by atoms with Gasteiger partial charge in [-0.05, 0) is 45.2 Å². The predicted octanol–water partition coefficient (Wildman–Crippen LogP) is 3.58. The Kier molecular flexibility index (Phi) is 6.02. The maximum atomic E-state index is 6.04. The van der Waals surface area contributed by atoms with E-state index in [4.69, 9.17) is 5.73 Å². The molecule has 0 bridgehead atoms. The lowest BCUT2D eigenvalue weighted by atomic mass is 9.90. The van der Waals surface area contributed by atoms with Gasteiger partial charge in [0.2, 0.25) is 0 Å². The second kappa shape index (κ2) is 7.06. The number of nitrogens with zero attached hydrogens (tertiary/aromatic N) is 1. The van der Waals surface area contributed by atoms with E-state index in [9.17, 15) is 0 Å². The molecule has 0 amide bonds. The summed E-state index contributed by atoms with van der Waals surface area (Å²) in [5.74, 6) is 0.734.